The fourth-order valence-electron chi connectivity index (χ4n) is 0. The van der Waals surface area contributed by atoms with E-state index >= 15 is 0 Å². The maximum absolute atomic E-state index is 7.17. The molecule has 0 aliphatic heterocycles. The fourth-order valence-corrected chi connectivity index (χ4v) is 0. The molecule has 0 saturated heterocycles. The fraction of sp³-hybridized carbons (Fsp3) is 0. The molecule has 0 aromatic rings. The third-order valence-electron chi connectivity index (χ3n) is 0. The van der Waals surface area contributed by atoms with Gasteiger partial charge in [-0.05, 0) is 0 Å². The second-order valence-electron chi connectivity index (χ2n) is 1.39. The van der Waals surface area contributed by atoms with Crippen molar-refractivity contribution in [2.24, 2.45) is 0 Å². The summed E-state index contributed by atoms with van der Waals surface area (Å²) in [5.41, 5.74) is 0. The Morgan fingerprint density at radius 2 is 0.333 bits per heavy atom. The molecule has 0 rings (SSSR count). The van der Waals surface area contributed by atoms with E-state index in [-0.39, 0.29) is 57.3 Å². The molecule has 0 unspecified atom stereocenters. The van der Waals surface area contributed by atoms with Crippen molar-refractivity contribution in [3.63, 3.8) is 0 Å². The van der Waals surface area contributed by atoms with Gasteiger partial charge in [-0.2, -0.15) is 0 Å². The van der Waals surface area contributed by atoms with E-state index in [0.717, 1.165) is 0 Å². The Labute approximate surface area is 146 Å². The van der Waals surface area contributed by atoms with Gasteiger partial charge in [0.15, 0.2) is 17.4 Å². The van der Waals surface area contributed by atoms with Gasteiger partial charge in [0.2, 0.25) is 0 Å². The minimum absolute atomic E-state index is 0. The molecular weight excluding hydrogens is 419 g/mol. The Morgan fingerprint density at radius 1 is 0.333 bits per heavy atom. The maximum atomic E-state index is 7.17. The van der Waals surface area contributed by atoms with Crippen LogP contribution in [0.3, 0.4) is 0 Å². The molecule has 18 heavy (non-hydrogen) atoms. The van der Waals surface area contributed by atoms with Gasteiger partial charge in [-0.15, -0.1) is 0 Å². The average Bonchev–Trinajstić information content (AvgIpc) is 1.76. The van der Waals surface area contributed by atoms with Crippen LogP contribution in [0.5, 0.6) is 0 Å². The van der Waals surface area contributed by atoms with E-state index in [9.17, 15) is 0 Å². The Kier molecular flexibility index (Phi) is 63.5. The monoisotopic (exact) mass is 436 g/mol. The van der Waals surface area contributed by atoms with Crippen molar-refractivity contribution in [2.75, 3.05) is 0 Å². The zero-order valence-corrected chi connectivity index (χ0v) is 10.3. The number of hydrogen-bond donors (Lipinski definition) is 12. The Bertz CT molecular complexity index is 67.1. The van der Waals surface area contributed by atoms with Crippen molar-refractivity contribution < 1.29 is 100 Å². The molecule has 0 saturated carbocycles. The molecule has 0 amide bonds. The zero-order chi connectivity index (χ0) is 14.3. The van der Waals surface area contributed by atoms with Crippen LogP contribution in [0.1, 0.15) is 0 Å². The molecule has 0 aromatic carbocycles. The first-order chi connectivity index (χ1) is 6.93. The molecule has 0 spiro atoms. The summed E-state index contributed by atoms with van der Waals surface area (Å²) in [4.78, 5) is 0. The van der Waals surface area contributed by atoms with Gasteiger partial charge in [0.05, 0.1) is 0 Å². The molecule has 110 valence electrons. The van der Waals surface area contributed by atoms with E-state index in [0.29, 0.717) is 0 Å². The van der Waals surface area contributed by atoms with Crippen LogP contribution in [-0.2, 0) is 0 Å². The van der Waals surface area contributed by atoms with Crippen LogP contribution >= 0.6 is 0 Å². The van der Waals surface area contributed by atoms with Crippen LogP contribution in [0.25, 0.3) is 0 Å². The predicted molar refractivity (Wildman–Crippen MR) is 59.6 cm³/mol. The summed E-state index contributed by atoms with van der Waals surface area (Å²) in [7, 11) is -8.67. The molecule has 0 fully saturated rings. The van der Waals surface area contributed by atoms with Gasteiger partial charge < -0.3 is 60.3 Å². The summed E-state index contributed by atoms with van der Waals surface area (Å²) in [6.45, 7) is 0. The average molecular weight is 435 g/mol. The first-order valence-corrected chi connectivity index (χ1v) is 3.10. The molecule has 0 bridgehead atoms. The quantitative estimate of drug-likeness (QED) is 0.159. The molecule has 0 aliphatic carbocycles. The van der Waals surface area contributed by atoms with E-state index in [2.05, 4.69) is 0 Å². The maximum Gasteiger partial charge on any atom is 0.631 e. The van der Waals surface area contributed by atoms with Crippen molar-refractivity contribution in [3.05, 3.63) is 0 Å². The van der Waals surface area contributed by atoms with Gasteiger partial charge in [0.25, 0.3) is 0 Å². The second kappa shape index (κ2) is 31.2. The SMILES string of the molecule is OB(O)O.OB(O)O.OB(O)O.OB(O)O.[AlH3].[Gd]. The van der Waals surface area contributed by atoms with Crippen LogP contribution in [0.4, 0.5) is 0 Å². The first kappa shape index (κ1) is 36.7. The van der Waals surface area contributed by atoms with E-state index < -0.39 is 29.3 Å². The van der Waals surface area contributed by atoms with Gasteiger partial charge in [-0.1, -0.05) is 0 Å². The van der Waals surface area contributed by atoms with Gasteiger partial charge >= 0.3 is 29.3 Å². The van der Waals surface area contributed by atoms with Gasteiger partial charge in [0.1, 0.15) is 0 Å². The molecule has 0 aliphatic rings. The van der Waals surface area contributed by atoms with E-state index in [1.165, 1.54) is 0 Å². The standard InChI is InChI=1S/Al.4BH3O3.Gd.3H/c;4*2-1(3)4;;;;/h;4*2-4H;;;;. The van der Waals surface area contributed by atoms with Crippen LogP contribution in [-0.4, -0.2) is 107 Å². The van der Waals surface area contributed by atoms with E-state index in [4.69, 9.17) is 60.3 Å². The summed E-state index contributed by atoms with van der Waals surface area (Å²) >= 11 is 0. The summed E-state index contributed by atoms with van der Waals surface area (Å²) in [6, 6.07) is 0. The van der Waals surface area contributed by atoms with E-state index in [1.807, 2.05) is 0 Å². The zero-order valence-electron chi connectivity index (χ0n) is 8.03. The molecular formula is H15AlB4GdO12. The molecule has 18 heteroatoms. The minimum Gasteiger partial charge on any atom is -0.402 e. The Morgan fingerprint density at radius 3 is 0.333 bits per heavy atom. The molecule has 0 aromatic heterocycles. The summed E-state index contributed by atoms with van der Waals surface area (Å²) in [5, 5.41) is 86.0. The van der Waals surface area contributed by atoms with Crippen LogP contribution in [0.2, 0.25) is 0 Å². The summed E-state index contributed by atoms with van der Waals surface area (Å²) < 4.78 is 0. The van der Waals surface area contributed by atoms with E-state index in [1.54, 1.807) is 0 Å². The third-order valence-corrected chi connectivity index (χ3v) is 0. The van der Waals surface area contributed by atoms with Crippen molar-refractivity contribution >= 4 is 46.6 Å². The van der Waals surface area contributed by atoms with Gasteiger partial charge in [-0.25, -0.2) is 0 Å². The smallest absolute Gasteiger partial charge is 0.402 e. The van der Waals surface area contributed by atoms with Crippen LogP contribution in [0, 0.1) is 39.9 Å². The molecule has 0 radical (unpaired) electrons. The van der Waals surface area contributed by atoms with Crippen molar-refractivity contribution in [3.8, 4) is 0 Å². The molecule has 12 nitrogen and oxygen atoms in total. The third kappa shape index (κ3) is 1820. The second-order valence-corrected chi connectivity index (χ2v) is 1.39. The molecule has 12 N–H and O–H groups in total. The normalized spacial score (nSPS) is 6.00. The Balaban J connectivity index is -0.0000000257. The summed E-state index contributed by atoms with van der Waals surface area (Å²) in [5.74, 6) is 0. The Hall–Kier alpha value is 1.64. The molecule has 0 atom stereocenters. The number of hydrogen-bond acceptors (Lipinski definition) is 12. The molecule has 0 heterocycles. The van der Waals surface area contributed by atoms with Gasteiger partial charge in [-0.3, -0.25) is 0 Å². The van der Waals surface area contributed by atoms with Crippen LogP contribution in [0.15, 0.2) is 0 Å². The largest absolute Gasteiger partial charge is 0.631 e. The summed E-state index contributed by atoms with van der Waals surface area (Å²) in [6.07, 6.45) is 0. The minimum atomic E-state index is -2.17. The first-order valence-electron chi connectivity index (χ1n) is 3.10. The van der Waals surface area contributed by atoms with Crippen molar-refractivity contribution in [1.29, 1.82) is 0 Å². The topological polar surface area (TPSA) is 243 Å². The van der Waals surface area contributed by atoms with Crippen molar-refractivity contribution in [1.82, 2.24) is 0 Å². The van der Waals surface area contributed by atoms with Crippen molar-refractivity contribution in [2.45, 2.75) is 0 Å². The van der Waals surface area contributed by atoms with Crippen LogP contribution < -0.4 is 0 Å². The predicted octanol–water partition coefficient (Wildman–Crippen LogP) is -9.39. The van der Waals surface area contributed by atoms with Gasteiger partial charge in [0, 0.05) is 39.9 Å². The number of rotatable bonds is 0.